The summed E-state index contributed by atoms with van der Waals surface area (Å²) >= 11 is 0. The van der Waals surface area contributed by atoms with Crippen molar-refractivity contribution in [3.8, 4) is 11.1 Å². The van der Waals surface area contributed by atoms with Crippen LogP contribution in [0.3, 0.4) is 0 Å². The van der Waals surface area contributed by atoms with Gasteiger partial charge in [-0.1, -0.05) is 54.6 Å². The second-order valence-corrected chi connectivity index (χ2v) is 5.79. The fourth-order valence-electron chi connectivity index (χ4n) is 2.82. The highest BCUT2D eigenvalue weighted by Crippen LogP contribution is 2.24. The van der Waals surface area contributed by atoms with Gasteiger partial charge in [0.2, 0.25) is 0 Å². The minimum atomic E-state index is 0.451. The van der Waals surface area contributed by atoms with Gasteiger partial charge in [-0.05, 0) is 42.0 Å². The minimum absolute atomic E-state index is 0.451. The van der Waals surface area contributed by atoms with Crippen molar-refractivity contribution in [3.05, 3.63) is 60.2 Å². The van der Waals surface area contributed by atoms with Gasteiger partial charge in [-0.2, -0.15) is 0 Å². The van der Waals surface area contributed by atoms with Gasteiger partial charge in [-0.25, -0.2) is 0 Å². The Morgan fingerprint density at radius 3 is 2.20 bits per heavy atom. The zero-order chi connectivity index (χ0) is 13.8. The average Bonchev–Trinajstić information content (AvgIpc) is 2.47. The quantitative estimate of drug-likeness (QED) is 0.872. The van der Waals surface area contributed by atoms with Crippen molar-refractivity contribution in [1.29, 1.82) is 0 Å². The third kappa shape index (κ3) is 3.27. The number of nitrogens with two attached hydrogens (primary N) is 1. The lowest BCUT2D eigenvalue weighted by atomic mass is 9.81. The van der Waals surface area contributed by atoms with Crippen LogP contribution in [-0.4, -0.2) is 12.6 Å². The highest BCUT2D eigenvalue weighted by Gasteiger charge is 2.24. The van der Waals surface area contributed by atoms with E-state index in [1.54, 1.807) is 0 Å². The number of benzene rings is 2. The Balaban J connectivity index is 1.51. The predicted octanol–water partition coefficient (Wildman–Crippen LogP) is 3.18. The van der Waals surface area contributed by atoms with Crippen LogP contribution in [-0.2, 0) is 6.54 Å². The first-order valence-corrected chi connectivity index (χ1v) is 7.42. The van der Waals surface area contributed by atoms with Crippen molar-refractivity contribution in [1.82, 2.24) is 5.32 Å². The lowest BCUT2D eigenvalue weighted by Gasteiger charge is -2.32. The van der Waals surface area contributed by atoms with Gasteiger partial charge < -0.3 is 11.1 Å². The number of rotatable bonds is 5. The van der Waals surface area contributed by atoms with Crippen molar-refractivity contribution in [2.75, 3.05) is 6.54 Å². The summed E-state index contributed by atoms with van der Waals surface area (Å²) in [6.45, 7) is 2.04. The Morgan fingerprint density at radius 2 is 1.55 bits per heavy atom. The number of hydrogen-bond acceptors (Lipinski definition) is 2. The summed E-state index contributed by atoms with van der Waals surface area (Å²) in [5.74, 6) is 0.786. The molecule has 3 N–H and O–H groups in total. The lowest BCUT2D eigenvalue weighted by molar-refractivity contribution is 0.256. The second-order valence-electron chi connectivity index (χ2n) is 5.79. The molecule has 1 fully saturated rings. The highest BCUT2D eigenvalue weighted by molar-refractivity contribution is 5.63. The second kappa shape index (κ2) is 6.21. The predicted molar refractivity (Wildman–Crippen MR) is 84.3 cm³/mol. The van der Waals surface area contributed by atoms with E-state index in [2.05, 4.69) is 53.8 Å². The van der Waals surface area contributed by atoms with E-state index >= 15 is 0 Å². The standard InChI is InChI=1S/C18H22N2/c19-18-10-15(11-18)13-20-12-14-6-8-17(9-7-14)16-4-2-1-3-5-16/h1-9,15,18,20H,10-13,19H2. The van der Waals surface area contributed by atoms with Crippen LogP contribution in [0.15, 0.2) is 54.6 Å². The van der Waals surface area contributed by atoms with Crippen molar-refractivity contribution < 1.29 is 0 Å². The van der Waals surface area contributed by atoms with Gasteiger partial charge in [0.15, 0.2) is 0 Å². The van der Waals surface area contributed by atoms with Gasteiger partial charge in [-0.15, -0.1) is 0 Å². The SMILES string of the molecule is NC1CC(CNCc2ccc(-c3ccccc3)cc2)C1. The van der Waals surface area contributed by atoms with E-state index < -0.39 is 0 Å². The fraction of sp³-hybridized carbons (Fsp3) is 0.333. The Bertz CT molecular complexity index is 527. The number of hydrogen-bond donors (Lipinski definition) is 2. The molecule has 2 aromatic rings. The molecule has 0 atom stereocenters. The molecule has 0 bridgehead atoms. The summed E-state index contributed by atoms with van der Waals surface area (Å²) in [6.07, 6.45) is 2.36. The smallest absolute Gasteiger partial charge is 0.0205 e. The van der Waals surface area contributed by atoms with Crippen LogP contribution < -0.4 is 11.1 Å². The Labute approximate surface area is 121 Å². The van der Waals surface area contributed by atoms with Gasteiger partial charge in [0, 0.05) is 12.6 Å². The average molecular weight is 266 g/mol. The summed E-state index contributed by atoms with van der Waals surface area (Å²) < 4.78 is 0. The molecule has 2 heteroatoms. The molecule has 20 heavy (non-hydrogen) atoms. The van der Waals surface area contributed by atoms with Gasteiger partial charge in [0.05, 0.1) is 0 Å². The molecule has 0 aromatic heterocycles. The fourth-order valence-corrected chi connectivity index (χ4v) is 2.82. The third-order valence-electron chi connectivity index (χ3n) is 4.10. The molecule has 2 nitrogen and oxygen atoms in total. The molecule has 104 valence electrons. The van der Waals surface area contributed by atoms with Crippen LogP contribution >= 0.6 is 0 Å². The minimum Gasteiger partial charge on any atom is -0.328 e. The first-order valence-electron chi connectivity index (χ1n) is 7.42. The van der Waals surface area contributed by atoms with Crippen LogP contribution in [0.2, 0.25) is 0 Å². The van der Waals surface area contributed by atoms with E-state index in [4.69, 9.17) is 5.73 Å². The molecule has 0 heterocycles. The zero-order valence-electron chi connectivity index (χ0n) is 11.8. The summed E-state index contributed by atoms with van der Waals surface area (Å²) in [5, 5.41) is 3.53. The monoisotopic (exact) mass is 266 g/mol. The molecule has 0 unspecified atom stereocenters. The van der Waals surface area contributed by atoms with E-state index in [-0.39, 0.29) is 0 Å². The van der Waals surface area contributed by atoms with E-state index in [9.17, 15) is 0 Å². The van der Waals surface area contributed by atoms with Gasteiger partial charge in [0.1, 0.15) is 0 Å². The molecule has 0 aliphatic heterocycles. The van der Waals surface area contributed by atoms with Crippen LogP contribution in [0.5, 0.6) is 0 Å². The summed E-state index contributed by atoms with van der Waals surface area (Å²) in [5.41, 5.74) is 9.69. The van der Waals surface area contributed by atoms with Crippen LogP contribution in [0, 0.1) is 5.92 Å². The van der Waals surface area contributed by atoms with Crippen LogP contribution in [0.25, 0.3) is 11.1 Å². The van der Waals surface area contributed by atoms with Gasteiger partial charge >= 0.3 is 0 Å². The lowest BCUT2D eigenvalue weighted by Crippen LogP contribution is -2.41. The molecule has 1 aliphatic carbocycles. The van der Waals surface area contributed by atoms with E-state index in [0.29, 0.717) is 6.04 Å². The molecule has 0 amide bonds. The van der Waals surface area contributed by atoms with E-state index in [1.807, 2.05) is 6.07 Å². The first-order chi connectivity index (χ1) is 9.81. The third-order valence-corrected chi connectivity index (χ3v) is 4.10. The molecule has 1 aliphatic rings. The normalized spacial score (nSPS) is 21.4. The molecule has 2 aromatic carbocycles. The summed E-state index contributed by atoms with van der Waals surface area (Å²) in [4.78, 5) is 0. The maximum atomic E-state index is 5.80. The molecule has 3 rings (SSSR count). The van der Waals surface area contributed by atoms with E-state index in [1.165, 1.54) is 29.5 Å². The maximum absolute atomic E-state index is 5.80. The summed E-state index contributed by atoms with van der Waals surface area (Å²) in [7, 11) is 0. The molecule has 0 radical (unpaired) electrons. The molecule has 1 saturated carbocycles. The van der Waals surface area contributed by atoms with Crippen molar-refractivity contribution in [2.24, 2.45) is 11.7 Å². The van der Waals surface area contributed by atoms with Crippen LogP contribution in [0.1, 0.15) is 18.4 Å². The zero-order valence-corrected chi connectivity index (χ0v) is 11.8. The molecular weight excluding hydrogens is 244 g/mol. The Morgan fingerprint density at radius 1 is 0.900 bits per heavy atom. The summed E-state index contributed by atoms with van der Waals surface area (Å²) in [6, 6.07) is 19.8. The Hall–Kier alpha value is -1.64. The molecular formula is C18H22N2. The molecule has 0 saturated heterocycles. The maximum Gasteiger partial charge on any atom is 0.0205 e. The number of nitrogens with one attached hydrogen (secondary N) is 1. The van der Waals surface area contributed by atoms with Gasteiger partial charge in [0.25, 0.3) is 0 Å². The van der Waals surface area contributed by atoms with Crippen LogP contribution in [0.4, 0.5) is 0 Å². The van der Waals surface area contributed by atoms with Crippen molar-refractivity contribution in [3.63, 3.8) is 0 Å². The Kier molecular flexibility index (Phi) is 4.14. The first kappa shape index (κ1) is 13.3. The van der Waals surface area contributed by atoms with Gasteiger partial charge in [-0.3, -0.25) is 0 Å². The van der Waals surface area contributed by atoms with Crippen molar-refractivity contribution >= 4 is 0 Å². The topological polar surface area (TPSA) is 38.0 Å². The molecule has 0 spiro atoms. The van der Waals surface area contributed by atoms with E-state index in [0.717, 1.165) is 19.0 Å². The van der Waals surface area contributed by atoms with Crippen molar-refractivity contribution in [2.45, 2.75) is 25.4 Å². The highest BCUT2D eigenvalue weighted by atomic mass is 14.9. The largest absolute Gasteiger partial charge is 0.328 e.